The number of rotatable bonds is 2. The molecule has 22 heavy (non-hydrogen) atoms. The molecule has 2 heteroatoms. The van der Waals surface area contributed by atoms with Gasteiger partial charge in [0.15, 0.2) is 0 Å². The summed E-state index contributed by atoms with van der Waals surface area (Å²) in [5, 5.41) is 8.27. The highest BCUT2D eigenvalue weighted by molar-refractivity contribution is 5.40. The third kappa shape index (κ3) is 11.8. The van der Waals surface area contributed by atoms with Gasteiger partial charge in [-0.25, -0.2) is 0 Å². The molecule has 0 saturated heterocycles. The van der Waals surface area contributed by atoms with Gasteiger partial charge in [0.05, 0.1) is 11.4 Å². The Morgan fingerprint density at radius 3 is 1.32 bits per heavy atom. The van der Waals surface area contributed by atoms with Crippen LogP contribution >= 0.6 is 0 Å². The number of hydrogen-bond acceptors (Lipinski definition) is 2. The molecule has 0 N–H and O–H groups in total. The van der Waals surface area contributed by atoms with E-state index in [4.69, 9.17) is 0 Å². The predicted octanol–water partition coefficient (Wildman–Crippen LogP) is 8.13. The van der Waals surface area contributed by atoms with Crippen LogP contribution in [-0.2, 0) is 0 Å². The van der Waals surface area contributed by atoms with Crippen molar-refractivity contribution in [3.8, 4) is 0 Å². The van der Waals surface area contributed by atoms with E-state index in [0.717, 1.165) is 11.4 Å². The van der Waals surface area contributed by atoms with Gasteiger partial charge in [0.25, 0.3) is 0 Å². The SMILES string of the molecule is C.CC.CC.CC.Cc1ccc(N=Nc2ccccc2)cc1. The molecular formula is C20H34N2. The molecule has 0 fully saturated rings. The minimum atomic E-state index is 0. The number of aryl methyl sites for hydroxylation is 1. The molecule has 0 radical (unpaired) electrons. The Morgan fingerprint density at radius 1 is 0.545 bits per heavy atom. The van der Waals surface area contributed by atoms with E-state index in [-0.39, 0.29) is 7.43 Å². The van der Waals surface area contributed by atoms with E-state index in [0.29, 0.717) is 0 Å². The largest absolute Gasteiger partial charge is 0.151 e. The fourth-order valence-corrected chi connectivity index (χ4v) is 1.22. The lowest BCUT2D eigenvalue weighted by molar-refractivity contribution is 1.23. The van der Waals surface area contributed by atoms with Crippen LogP contribution in [0, 0.1) is 6.92 Å². The average molecular weight is 303 g/mol. The first-order chi connectivity index (χ1) is 10.3. The zero-order valence-electron chi connectivity index (χ0n) is 14.6. The fraction of sp³-hybridized carbons (Fsp3) is 0.400. The van der Waals surface area contributed by atoms with Gasteiger partial charge in [-0.2, -0.15) is 10.2 Å². The Bertz CT molecular complexity index is 445. The van der Waals surface area contributed by atoms with E-state index in [1.54, 1.807) is 0 Å². The monoisotopic (exact) mass is 302 g/mol. The Balaban J connectivity index is -0.000000463. The van der Waals surface area contributed by atoms with E-state index in [2.05, 4.69) is 17.2 Å². The van der Waals surface area contributed by atoms with Gasteiger partial charge in [-0.05, 0) is 31.2 Å². The first kappa shape index (κ1) is 25.0. The zero-order chi connectivity index (χ0) is 16.5. The lowest BCUT2D eigenvalue weighted by Gasteiger charge is -1.93. The Labute approximate surface area is 138 Å². The van der Waals surface area contributed by atoms with Gasteiger partial charge in [-0.3, -0.25) is 0 Å². The van der Waals surface area contributed by atoms with Gasteiger partial charge in [-0.15, -0.1) is 0 Å². The maximum atomic E-state index is 4.14. The van der Waals surface area contributed by atoms with Crippen LogP contribution in [0.25, 0.3) is 0 Å². The van der Waals surface area contributed by atoms with Crippen LogP contribution in [0.4, 0.5) is 11.4 Å². The molecule has 0 atom stereocenters. The highest BCUT2D eigenvalue weighted by Gasteiger charge is 1.89. The highest BCUT2D eigenvalue weighted by Crippen LogP contribution is 2.17. The molecule has 0 aliphatic rings. The molecule has 2 aromatic carbocycles. The summed E-state index contributed by atoms with van der Waals surface area (Å²) in [6.07, 6.45) is 0. The summed E-state index contributed by atoms with van der Waals surface area (Å²) >= 11 is 0. The summed E-state index contributed by atoms with van der Waals surface area (Å²) in [7, 11) is 0. The predicted molar refractivity (Wildman–Crippen MR) is 103 cm³/mol. The molecule has 0 aromatic heterocycles. The van der Waals surface area contributed by atoms with Crippen LogP contribution in [-0.4, -0.2) is 0 Å². The topological polar surface area (TPSA) is 24.7 Å². The minimum absolute atomic E-state index is 0. The average Bonchev–Trinajstić information content (AvgIpc) is 2.61. The van der Waals surface area contributed by atoms with Crippen LogP contribution in [0.1, 0.15) is 54.5 Å². The van der Waals surface area contributed by atoms with Crippen LogP contribution in [0.5, 0.6) is 0 Å². The van der Waals surface area contributed by atoms with Crippen molar-refractivity contribution in [1.29, 1.82) is 0 Å². The maximum absolute atomic E-state index is 4.14. The highest BCUT2D eigenvalue weighted by atomic mass is 15.1. The maximum Gasteiger partial charge on any atom is 0.0857 e. The molecule has 0 heterocycles. The zero-order valence-corrected chi connectivity index (χ0v) is 14.6. The van der Waals surface area contributed by atoms with Crippen molar-refractivity contribution in [1.82, 2.24) is 0 Å². The first-order valence-corrected chi connectivity index (χ1v) is 7.88. The van der Waals surface area contributed by atoms with Gasteiger partial charge < -0.3 is 0 Å². The molecule has 0 bridgehead atoms. The summed E-state index contributed by atoms with van der Waals surface area (Å²) in [6, 6.07) is 17.7. The number of benzene rings is 2. The standard InChI is InChI=1S/C13H12N2.3C2H6.CH4/c1-11-7-9-13(10-8-11)15-14-12-5-3-2-4-6-12;3*1-2;/h2-10H,1H3;3*1-2H3;1H4. The van der Waals surface area contributed by atoms with Crippen molar-refractivity contribution in [2.24, 2.45) is 10.2 Å². The summed E-state index contributed by atoms with van der Waals surface area (Å²) in [4.78, 5) is 0. The molecular weight excluding hydrogens is 268 g/mol. The molecule has 0 saturated carbocycles. The van der Waals surface area contributed by atoms with Crippen LogP contribution in [0.3, 0.4) is 0 Å². The van der Waals surface area contributed by atoms with Gasteiger partial charge in [-0.1, -0.05) is 84.9 Å². The first-order valence-electron chi connectivity index (χ1n) is 7.88. The number of azo groups is 1. The number of hydrogen-bond donors (Lipinski definition) is 0. The van der Waals surface area contributed by atoms with E-state index in [1.165, 1.54) is 5.56 Å². The van der Waals surface area contributed by atoms with Crippen molar-refractivity contribution >= 4 is 11.4 Å². The van der Waals surface area contributed by atoms with Crippen LogP contribution in [0.15, 0.2) is 64.8 Å². The van der Waals surface area contributed by atoms with E-state index in [1.807, 2.05) is 96.1 Å². The van der Waals surface area contributed by atoms with Crippen molar-refractivity contribution in [2.45, 2.75) is 55.9 Å². The quantitative estimate of drug-likeness (QED) is 0.500. The van der Waals surface area contributed by atoms with E-state index >= 15 is 0 Å². The minimum Gasteiger partial charge on any atom is -0.151 e. The second-order valence-corrected chi connectivity index (χ2v) is 3.37. The van der Waals surface area contributed by atoms with Crippen molar-refractivity contribution in [3.05, 3.63) is 60.2 Å². The molecule has 0 amide bonds. The van der Waals surface area contributed by atoms with E-state index < -0.39 is 0 Å². The molecule has 0 aliphatic carbocycles. The molecule has 0 aliphatic heterocycles. The second-order valence-electron chi connectivity index (χ2n) is 3.37. The lowest BCUT2D eigenvalue weighted by atomic mass is 10.2. The van der Waals surface area contributed by atoms with Crippen molar-refractivity contribution in [3.63, 3.8) is 0 Å². The van der Waals surface area contributed by atoms with Gasteiger partial charge in [0.1, 0.15) is 0 Å². The summed E-state index contributed by atoms with van der Waals surface area (Å²) in [5.74, 6) is 0. The van der Waals surface area contributed by atoms with Gasteiger partial charge in [0, 0.05) is 0 Å². The lowest BCUT2D eigenvalue weighted by Crippen LogP contribution is -1.68. The fourth-order valence-electron chi connectivity index (χ4n) is 1.22. The van der Waals surface area contributed by atoms with Crippen LogP contribution in [0.2, 0.25) is 0 Å². The molecule has 0 spiro atoms. The Kier molecular flexibility index (Phi) is 21.7. The molecule has 124 valence electrons. The van der Waals surface area contributed by atoms with Crippen molar-refractivity contribution < 1.29 is 0 Å². The molecule has 2 rings (SSSR count). The normalized spacial score (nSPS) is 8.14. The van der Waals surface area contributed by atoms with Crippen LogP contribution < -0.4 is 0 Å². The third-order valence-corrected chi connectivity index (χ3v) is 2.07. The molecule has 0 unspecified atom stereocenters. The van der Waals surface area contributed by atoms with Crippen molar-refractivity contribution in [2.75, 3.05) is 0 Å². The summed E-state index contributed by atoms with van der Waals surface area (Å²) in [6.45, 7) is 14.1. The smallest absolute Gasteiger partial charge is 0.0857 e. The Morgan fingerprint density at radius 2 is 0.909 bits per heavy atom. The Hall–Kier alpha value is -1.96. The van der Waals surface area contributed by atoms with E-state index in [9.17, 15) is 0 Å². The number of nitrogens with zero attached hydrogens (tertiary/aromatic N) is 2. The third-order valence-electron chi connectivity index (χ3n) is 2.07. The summed E-state index contributed by atoms with van der Waals surface area (Å²) < 4.78 is 0. The van der Waals surface area contributed by atoms with Gasteiger partial charge >= 0.3 is 0 Å². The van der Waals surface area contributed by atoms with Gasteiger partial charge in [0.2, 0.25) is 0 Å². The summed E-state index contributed by atoms with van der Waals surface area (Å²) in [5.41, 5.74) is 2.98. The second kappa shape index (κ2) is 19.0. The molecule has 2 nitrogen and oxygen atoms in total. The molecule has 2 aromatic rings.